The Balaban J connectivity index is 2.27. The number of nitro groups is 1. The standard InChI is InChI=1S/C20H24N2O7/c1-13(2)29-17-8-6-5-7-14(17)11-21-20(23)15-9-18(27-4)19(28-12-26-3)10-16(15)22(24)25/h5-10,13H,11-12H2,1-4H3,(H,21,23). The van der Waals surface area contributed by atoms with E-state index in [2.05, 4.69) is 5.32 Å². The van der Waals surface area contributed by atoms with E-state index in [0.717, 1.165) is 11.6 Å². The number of ether oxygens (including phenoxy) is 4. The van der Waals surface area contributed by atoms with Crippen LogP contribution in [0, 0.1) is 10.1 Å². The molecule has 0 unspecified atom stereocenters. The summed E-state index contributed by atoms with van der Waals surface area (Å²) >= 11 is 0. The predicted octanol–water partition coefficient (Wildman–Crippen LogP) is 3.30. The van der Waals surface area contributed by atoms with Crippen LogP contribution in [0.2, 0.25) is 0 Å². The number of para-hydroxylation sites is 1. The van der Waals surface area contributed by atoms with Crippen molar-refractivity contribution in [2.45, 2.75) is 26.5 Å². The lowest BCUT2D eigenvalue weighted by atomic mass is 10.1. The molecule has 0 atom stereocenters. The second-order valence-corrected chi connectivity index (χ2v) is 6.29. The van der Waals surface area contributed by atoms with Crippen LogP contribution in [0.5, 0.6) is 17.2 Å². The zero-order chi connectivity index (χ0) is 21.4. The van der Waals surface area contributed by atoms with E-state index in [-0.39, 0.29) is 36.5 Å². The van der Waals surface area contributed by atoms with E-state index in [9.17, 15) is 14.9 Å². The molecule has 0 aliphatic rings. The van der Waals surface area contributed by atoms with Crippen molar-refractivity contribution in [3.05, 3.63) is 57.6 Å². The van der Waals surface area contributed by atoms with Crippen molar-refractivity contribution in [3.63, 3.8) is 0 Å². The summed E-state index contributed by atoms with van der Waals surface area (Å²) in [6, 6.07) is 9.68. The van der Waals surface area contributed by atoms with E-state index in [0.29, 0.717) is 5.75 Å². The van der Waals surface area contributed by atoms with Gasteiger partial charge in [0.05, 0.1) is 24.2 Å². The first kappa shape index (κ1) is 22.0. The molecule has 0 fully saturated rings. The third-order valence-corrected chi connectivity index (χ3v) is 3.83. The highest BCUT2D eigenvalue weighted by atomic mass is 16.7. The molecule has 0 saturated carbocycles. The lowest BCUT2D eigenvalue weighted by molar-refractivity contribution is -0.385. The molecule has 9 nitrogen and oxygen atoms in total. The topological polar surface area (TPSA) is 109 Å². The summed E-state index contributed by atoms with van der Waals surface area (Å²) in [7, 11) is 2.80. The van der Waals surface area contributed by atoms with Gasteiger partial charge in [0.15, 0.2) is 18.3 Å². The molecular weight excluding hydrogens is 380 g/mol. The largest absolute Gasteiger partial charge is 0.493 e. The maximum absolute atomic E-state index is 12.7. The van der Waals surface area contributed by atoms with Gasteiger partial charge in [-0.2, -0.15) is 0 Å². The summed E-state index contributed by atoms with van der Waals surface area (Å²) in [5.41, 5.74) is 0.212. The Morgan fingerprint density at radius 3 is 2.48 bits per heavy atom. The van der Waals surface area contributed by atoms with Crippen LogP contribution >= 0.6 is 0 Å². The highest BCUT2D eigenvalue weighted by Gasteiger charge is 2.25. The van der Waals surface area contributed by atoms with Crippen LogP contribution in [0.1, 0.15) is 29.8 Å². The Morgan fingerprint density at radius 2 is 1.86 bits per heavy atom. The third kappa shape index (κ3) is 5.82. The van der Waals surface area contributed by atoms with Gasteiger partial charge in [0.25, 0.3) is 11.6 Å². The van der Waals surface area contributed by atoms with Crippen molar-refractivity contribution in [3.8, 4) is 17.2 Å². The van der Waals surface area contributed by atoms with Crippen LogP contribution in [0.15, 0.2) is 36.4 Å². The second-order valence-electron chi connectivity index (χ2n) is 6.29. The molecule has 2 rings (SSSR count). The fourth-order valence-corrected chi connectivity index (χ4v) is 2.57. The number of carbonyl (C=O) groups is 1. The van der Waals surface area contributed by atoms with Crippen molar-refractivity contribution in [2.24, 2.45) is 0 Å². The van der Waals surface area contributed by atoms with Gasteiger partial charge in [-0.05, 0) is 19.9 Å². The van der Waals surface area contributed by atoms with Gasteiger partial charge in [0.2, 0.25) is 0 Å². The summed E-state index contributed by atoms with van der Waals surface area (Å²) < 4.78 is 21.0. The van der Waals surface area contributed by atoms with Gasteiger partial charge in [-0.3, -0.25) is 14.9 Å². The molecular formula is C20H24N2O7. The van der Waals surface area contributed by atoms with Gasteiger partial charge < -0.3 is 24.3 Å². The smallest absolute Gasteiger partial charge is 0.286 e. The number of nitrogens with one attached hydrogen (secondary N) is 1. The maximum atomic E-state index is 12.7. The molecule has 0 aromatic heterocycles. The molecule has 156 valence electrons. The minimum absolute atomic E-state index is 0.0307. The Labute approximate surface area is 168 Å². The second kappa shape index (κ2) is 10.3. The zero-order valence-corrected chi connectivity index (χ0v) is 16.8. The van der Waals surface area contributed by atoms with Crippen molar-refractivity contribution < 1.29 is 28.7 Å². The average molecular weight is 404 g/mol. The third-order valence-electron chi connectivity index (χ3n) is 3.83. The molecule has 0 spiro atoms. The maximum Gasteiger partial charge on any atom is 0.286 e. The number of hydrogen-bond donors (Lipinski definition) is 1. The minimum Gasteiger partial charge on any atom is -0.493 e. The first-order chi connectivity index (χ1) is 13.9. The molecule has 29 heavy (non-hydrogen) atoms. The molecule has 0 aliphatic heterocycles. The highest BCUT2D eigenvalue weighted by molar-refractivity contribution is 5.99. The van der Waals surface area contributed by atoms with Crippen LogP contribution in [0.3, 0.4) is 0 Å². The summed E-state index contributed by atoms with van der Waals surface area (Å²) in [5, 5.41) is 14.2. The number of benzene rings is 2. The number of methoxy groups -OCH3 is 2. The highest BCUT2D eigenvalue weighted by Crippen LogP contribution is 2.35. The molecule has 0 radical (unpaired) electrons. The van der Waals surface area contributed by atoms with Crippen LogP contribution in [0.25, 0.3) is 0 Å². The number of hydrogen-bond acceptors (Lipinski definition) is 7. The van der Waals surface area contributed by atoms with Crippen molar-refractivity contribution in [1.82, 2.24) is 5.32 Å². The van der Waals surface area contributed by atoms with Gasteiger partial charge in [-0.15, -0.1) is 0 Å². The number of carbonyl (C=O) groups excluding carboxylic acids is 1. The molecule has 1 N–H and O–H groups in total. The van der Waals surface area contributed by atoms with E-state index in [1.165, 1.54) is 20.3 Å². The summed E-state index contributed by atoms with van der Waals surface area (Å²) in [4.78, 5) is 23.5. The summed E-state index contributed by atoms with van der Waals surface area (Å²) in [5.74, 6) is 0.306. The van der Waals surface area contributed by atoms with Crippen LogP contribution in [-0.4, -0.2) is 37.9 Å². The van der Waals surface area contributed by atoms with Gasteiger partial charge >= 0.3 is 0 Å². The Kier molecular flexibility index (Phi) is 7.79. The summed E-state index contributed by atoms with van der Waals surface area (Å²) in [6.07, 6.45) is -0.0307. The van der Waals surface area contributed by atoms with Crippen LogP contribution < -0.4 is 19.5 Å². The molecule has 1 amide bonds. The molecule has 2 aromatic carbocycles. The number of nitrogens with zero attached hydrogens (tertiary/aromatic N) is 1. The molecule has 9 heteroatoms. The number of nitro benzene ring substituents is 1. The lowest BCUT2D eigenvalue weighted by Crippen LogP contribution is -2.24. The fraction of sp³-hybridized carbons (Fsp3) is 0.350. The SMILES string of the molecule is COCOc1cc([N+](=O)[O-])c(C(=O)NCc2ccccc2OC(C)C)cc1OC. The Morgan fingerprint density at radius 1 is 1.14 bits per heavy atom. The van der Waals surface area contributed by atoms with E-state index in [1.54, 1.807) is 6.07 Å². The van der Waals surface area contributed by atoms with E-state index >= 15 is 0 Å². The van der Waals surface area contributed by atoms with E-state index < -0.39 is 16.5 Å². The Hall–Kier alpha value is -3.33. The lowest BCUT2D eigenvalue weighted by Gasteiger charge is -2.15. The van der Waals surface area contributed by atoms with Crippen LogP contribution in [-0.2, 0) is 11.3 Å². The Bertz CT molecular complexity index is 868. The van der Waals surface area contributed by atoms with E-state index in [4.69, 9.17) is 18.9 Å². The predicted molar refractivity (Wildman–Crippen MR) is 106 cm³/mol. The van der Waals surface area contributed by atoms with Crippen LogP contribution in [0.4, 0.5) is 5.69 Å². The summed E-state index contributed by atoms with van der Waals surface area (Å²) in [6.45, 7) is 3.82. The molecule has 0 heterocycles. The van der Waals surface area contributed by atoms with Crippen molar-refractivity contribution in [2.75, 3.05) is 21.0 Å². The van der Waals surface area contributed by atoms with Gasteiger partial charge in [-0.25, -0.2) is 0 Å². The molecule has 2 aromatic rings. The first-order valence-corrected chi connectivity index (χ1v) is 8.88. The molecule has 0 saturated heterocycles. The van der Waals surface area contributed by atoms with Crippen molar-refractivity contribution in [1.29, 1.82) is 0 Å². The number of amides is 1. The zero-order valence-electron chi connectivity index (χ0n) is 16.8. The normalized spacial score (nSPS) is 10.5. The number of rotatable bonds is 10. The monoisotopic (exact) mass is 404 g/mol. The molecule has 0 aliphatic carbocycles. The fourth-order valence-electron chi connectivity index (χ4n) is 2.57. The van der Waals surface area contributed by atoms with Gasteiger partial charge in [0.1, 0.15) is 11.3 Å². The minimum atomic E-state index is -0.649. The quantitative estimate of drug-likeness (QED) is 0.367. The average Bonchev–Trinajstić information content (AvgIpc) is 2.70. The van der Waals surface area contributed by atoms with Crippen molar-refractivity contribution >= 4 is 11.6 Å². The van der Waals surface area contributed by atoms with E-state index in [1.807, 2.05) is 32.0 Å². The molecule has 0 bridgehead atoms. The first-order valence-electron chi connectivity index (χ1n) is 8.88. The van der Waals surface area contributed by atoms with Gasteiger partial charge in [-0.1, -0.05) is 18.2 Å². The van der Waals surface area contributed by atoms with Gasteiger partial charge in [0, 0.05) is 25.3 Å².